The van der Waals surface area contributed by atoms with Crippen LogP contribution in [0.5, 0.6) is 0 Å². The fraction of sp³-hybridized carbons (Fsp3) is 0.615. The second-order valence-corrected chi connectivity index (χ2v) is 10.3. The number of carbonyl (C=O) groups is 10. The van der Waals surface area contributed by atoms with Gasteiger partial charge in [0.2, 0.25) is 53.2 Å². The average molecular weight is 705 g/mol. The number of hydrogen-bond acceptors (Lipinski definition) is 13. The molecule has 23 heteroatoms. The molecule has 49 heavy (non-hydrogen) atoms. The van der Waals surface area contributed by atoms with Crippen molar-refractivity contribution in [3.63, 3.8) is 0 Å². The number of carbonyl (C=O) groups excluding carboxylic acids is 9. The first kappa shape index (κ1) is 43.6. The monoisotopic (exact) mass is 704 g/mol. The van der Waals surface area contributed by atoms with E-state index in [1.165, 1.54) is 27.7 Å². The summed E-state index contributed by atoms with van der Waals surface area (Å²) < 4.78 is 0. The summed E-state index contributed by atoms with van der Waals surface area (Å²) in [4.78, 5) is 119. The second-order valence-electron chi connectivity index (χ2n) is 10.3. The molecule has 0 aliphatic rings. The number of carboxylic acids is 1. The lowest BCUT2D eigenvalue weighted by Gasteiger charge is -2.20. The van der Waals surface area contributed by atoms with E-state index >= 15 is 0 Å². The Morgan fingerprint density at radius 2 is 0.816 bits per heavy atom. The Labute approximate surface area is 279 Å². The minimum absolute atomic E-state index is 0.334. The molecule has 0 bridgehead atoms. The van der Waals surface area contributed by atoms with Crippen molar-refractivity contribution in [3.8, 4) is 0 Å². The van der Waals surface area contributed by atoms with Crippen LogP contribution in [0.3, 0.4) is 0 Å². The maximum atomic E-state index is 12.4. The fourth-order valence-electron chi connectivity index (χ4n) is 3.34. The van der Waals surface area contributed by atoms with Crippen molar-refractivity contribution in [3.05, 3.63) is 0 Å². The van der Waals surface area contributed by atoms with E-state index in [0.717, 1.165) is 0 Å². The van der Waals surface area contributed by atoms with Crippen LogP contribution in [-0.2, 0) is 47.9 Å². The fourth-order valence-corrected chi connectivity index (χ4v) is 3.34. The molecule has 0 fully saturated rings. The number of aliphatic carboxylic acids is 1. The summed E-state index contributed by atoms with van der Waals surface area (Å²) in [6, 6.07) is -7.75. The highest BCUT2D eigenvalue weighted by Crippen LogP contribution is 1.92. The van der Waals surface area contributed by atoms with Crippen LogP contribution in [0.1, 0.15) is 27.7 Å². The van der Waals surface area contributed by atoms with Crippen LogP contribution in [0, 0.1) is 0 Å². The maximum absolute atomic E-state index is 12.4. The van der Waals surface area contributed by atoms with Crippen LogP contribution in [0.15, 0.2) is 0 Å². The van der Waals surface area contributed by atoms with Gasteiger partial charge in [0, 0.05) is 0 Å². The van der Waals surface area contributed by atoms with Crippen LogP contribution < -0.4 is 53.6 Å². The first-order valence-corrected chi connectivity index (χ1v) is 14.6. The van der Waals surface area contributed by atoms with Crippen LogP contribution in [0.2, 0.25) is 0 Å². The topological polar surface area (TPSA) is 366 Å². The summed E-state index contributed by atoms with van der Waals surface area (Å²) in [6.45, 7) is 1.09. The van der Waals surface area contributed by atoms with E-state index in [1.807, 2.05) is 5.32 Å². The van der Waals surface area contributed by atoms with Crippen molar-refractivity contribution in [1.82, 2.24) is 47.9 Å². The van der Waals surface area contributed by atoms with Crippen LogP contribution in [-0.4, -0.2) is 150 Å². The third-order valence-electron chi connectivity index (χ3n) is 6.15. The third kappa shape index (κ3) is 17.3. The Morgan fingerprint density at radius 3 is 1.22 bits per heavy atom. The van der Waals surface area contributed by atoms with Gasteiger partial charge in [0.25, 0.3) is 0 Å². The molecule has 0 aromatic rings. The Bertz CT molecular complexity index is 1250. The minimum atomic E-state index is -1.59. The number of carboxylic acid groups (broad SMARTS) is 1. The number of aliphatic hydroxyl groups excluding tert-OH is 2. The number of hydrogen-bond donors (Lipinski definition) is 13. The zero-order valence-electron chi connectivity index (χ0n) is 27.2. The summed E-state index contributed by atoms with van der Waals surface area (Å²) in [7, 11) is 0. The molecule has 0 unspecified atom stereocenters. The first-order chi connectivity index (χ1) is 22.9. The van der Waals surface area contributed by atoms with Gasteiger partial charge in [-0.25, -0.2) is 4.79 Å². The highest BCUT2D eigenvalue weighted by Gasteiger charge is 2.26. The number of aliphatic hydroxyl groups is 2. The lowest BCUT2D eigenvalue weighted by Crippen LogP contribution is -2.56. The van der Waals surface area contributed by atoms with Crippen molar-refractivity contribution in [2.24, 2.45) is 5.73 Å². The standard InChI is InChI=1S/C26H44N10O13/c1-11(31-17(39)5-27)21(43)28-6-18(40)32-12(2)22(44)29-8-20(42)35-15(9-37)25(47)30-7-19(41)33-13(3)23(45)34-14(4)24(46)36-16(10-38)26(48)49/h11-16,37-38H,5-10,27H2,1-4H3,(H,28,43)(H,29,44)(H,30,47)(H,31,39)(H,32,40)(H,33,41)(H,34,45)(H,35,42)(H,36,46)(H,48,49)/t11-,12-,13-,14-,15-,16-/m0/s1. The first-order valence-electron chi connectivity index (χ1n) is 14.6. The smallest absolute Gasteiger partial charge is 0.328 e. The van der Waals surface area contributed by atoms with Crippen molar-refractivity contribution in [1.29, 1.82) is 0 Å². The molecule has 23 nitrogen and oxygen atoms in total. The highest BCUT2D eigenvalue weighted by atomic mass is 16.4. The van der Waals surface area contributed by atoms with Gasteiger partial charge in [-0.2, -0.15) is 0 Å². The Hall–Kier alpha value is -5.42. The summed E-state index contributed by atoms with van der Waals surface area (Å²) in [6.07, 6.45) is 0. The molecule has 14 N–H and O–H groups in total. The largest absolute Gasteiger partial charge is 0.480 e. The molecule has 0 saturated carbocycles. The molecule has 9 amide bonds. The Morgan fingerprint density at radius 1 is 0.469 bits per heavy atom. The van der Waals surface area contributed by atoms with Gasteiger partial charge >= 0.3 is 5.97 Å². The van der Waals surface area contributed by atoms with E-state index in [2.05, 4.69) is 42.5 Å². The van der Waals surface area contributed by atoms with Crippen molar-refractivity contribution < 1.29 is 63.3 Å². The van der Waals surface area contributed by atoms with E-state index < -0.39 is 128 Å². The molecule has 0 aromatic carbocycles. The Balaban J connectivity index is 4.63. The van der Waals surface area contributed by atoms with Crippen molar-refractivity contribution >= 4 is 59.1 Å². The molecular weight excluding hydrogens is 660 g/mol. The molecule has 0 aliphatic carbocycles. The normalized spacial score (nSPS) is 14.1. The lowest BCUT2D eigenvalue weighted by atomic mass is 10.2. The predicted molar refractivity (Wildman–Crippen MR) is 164 cm³/mol. The molecule has 0 heterocycles. The van der Waals surface area contributed by atoms with E-state index in [0.29, 0.717) is 0 Å². The molecule has 276 valence electrons. The van der Waals surface area contributed by atoms with Crippen LogP contribution >= 0.6 is 0 Å². The summed E-state index contributed by atoms with van der Waals surface area (Å²) >= 11 is 0. The van der Waals surface area contributed by atoms with Crippen LogP contribution in [0.4, 0.5) is 0 Å². The van der Waals surface area contributed by atoms with Gasteiger partial charge in [-0.3, -0.25) is 43.2 Å². The van der Waals surface area contributed by atoms with E-state index in [4.69, 9.17) is 15.9 Å². The molecule has 6 atom stereocenters. The van der Waals surface area contributed by atoms with Gasteiger partial charge in [-0.15, -0.1) is 0 Å². The summed E-state index contributed by atoms with van der Waals surface area (Å²) in [5.74, 6) is -8.91. The Kier molecular flexibility index (Phi) is 19.7. The second kappa shape index (κ2) is 22.2. The van der Waals surface area contributed by atoms with Gasteiger partial charge in [0.15, 0.2) is 0 Å². The van der Waals surface area contributed by atoms with Gasteiger partial charge in [-0.1, -0.05) is 0 Å². The molecule has 0 radical (unpaired) electrons. The molecule has 0 spiro atoms. The summed E-state index contributed by atoms with van der Waals surface area (Å²) in [5, 5.41) is 47.1. The number of nitrogens with two attached hydrogens (primary N) is 1. The number of amides is 9. The van der Waals surface area contributed by atoms with Gasteiger partial charge < -0.3 is 68.9 Å². The maximum Gasteiger partial charge on any atom is 0.328 e. The quantitative estimate of drug-likeness (QED) is 0.0528. The van der Waals surface area contributed by atoms with E-state index in [1.54, 1.807) is 0 Å². The van der Waals surface area contributed by atoms with E-state index in [9.17, 15) is 53.1 Å². The zero-order valence-corrected chi connectivity index (χ0v) is 27.2. The number of rotatable bonds is 21. The SMILES string of the molecule is C[C@H](NC(=O)CN)C(=O)NCC(=O)N[C@@H](C)C(=O)NCC(=O)N[C@@H](CO)C(=O)NCC(=O)N[C@@H](C)C(=O)N[C@@H](C)C(=O)N[C@@H](CO)C(=O)O. The summed E-state index contributed by atoms with van der Waals surface area (Å²) in [5.41, 5.74) is 5.14. The molecule has 0 rings (SSSR count). The zero-order chi connectivity index (χ0) is 37.8. The van der Waals surface area contributed by atoms with Crippen LogP contribution in [0.25, 0.3) is 0 Å². The molecular formula is C26H44N10O13. The predicted octanol–water partition coefficient (Wildman–Crippen LogP) is -8.65. The minimum Gasteiger partial charge on any atom is -0.480 e. The molecule has 0 aromatic heterocycles. The highest BCUT2D eigenvalue weighted by molar-refractivity contribution is 5.96. The molecule has 0 saturated heterocycles. The van der Waals surface area contributed by atoms with Crippen molar-refractivity contribution in [2.75, 3.05) is 39.4 Å². The molecule has 0 aliphatic heterocycles. The van der Waals surface area contributed by atoms with E-state index in [-0.39, 0.29) is 6.54 Å². The van der Waals surface area contributed by atoms with Gasteiger partial charge in [0.05, 0.1) is 39.4 Å². The average Bonchev–Trinajstić information content (AvgIpc) is 3.05. The lowest BCUT2D eigenvalue weighted by molar-refractivity contribution is -0.143. The number of nitrogens with one attached hydrogen (secondary N) is 9. The van der Waals surface area contributed by atoms with Crippen molar-refractivity contribution in [2.45, 2.75) is 63.9 Å². The van der Waals surface area contributed by atoms with Gasteiger partial charge in [-0.05, 0) is 27.7 Å². The van der Waals surface area contributed by atoms with Gasteiger partial charge in [0.1, 0.15) is 36.3 Å². The third-order valence-corrected chi connectivity index (χ3v) is 6.15.